The molecule has 0 unspecified atom stereocenters. The van der Waals surface area contributed by atoms with Crippen LogP contribution >= 0.6 is 0 Å². The zero-order valence-electron chi connectivity index (χ0n) is 11.9. The summed E-state index contributed by atoms with van der Waals surface area (Å²) in [7, 11) is 0. The van der Waals surface area contributed by atoms with E-state index in [1.165, 1.54) is 0 Å². The summed E-state index contributed by atoms with van der Waals surface area (Å²) < 4.78 is 10.6. The molecule has 1 amide bonds. The number of aryl methyl sites for hydroxylation is 1. The van der Waals surface area contributed by atoms with E-state index >= 15 is 0 Å². The summed E-state index contributed by atoms with van der Waals surface area (Å²) >= 11 is 0. The number of hydrogen-bond donors (Lipinski definition) is 1. The van der Waals surface area contributed by atoms with Crippen molar-refractivity contribution in [1.29, 1.82) is 0 Å². The first kappa shape index (κ1) is 14.1. The topological polar surface area (TPSA) is 64.6 Å². The van der Waals surface area contributed by atoms with Gasteiger partial charge in [-0.1, -0.05) is 30.3 Å². The molecule has 0 saturated heterocycles. The second kappa shape index (κ2) is 6.30. The fourth-order valence-electron chi connectivity index (χ4n) is 2.19. The Kier molecular flexibility index (Phi) is 4.05. The van der Waals surface area contributed by atoms with Crippen LogP contribution in [-0.2, 0) is 16.0 Å². The number of ether oxygens (including phenoxy) is 2. The van der Waals surface area contributed by atoms with Gasteiger partial charge in [-0.2, -0.15) is 0 Å². The first-order chi connectivity index (χ1) is 10.7. The third kappa shape index (κ3) is 3.44. The lowest BCUT2D eigenvalue weighted by Crippen LogP contribution is -2.25. The lowest BCUT2D eigenvalue weighted by molar-refractivity contribution is -0.134. The Morgan fingerprint density at radius 1 is 1.18 bits per heavy atom. The van der Waals surface area contributed by atoms with Crippen LogP contribution in [0.2, 0.25) is 0 Å². The van der Waals surface area contributed by atoms with Crippen LogP contribution in [0.25, 0.3) is 0 Å². The van der Waals surface area contributed by atoms with Crippen LogP contribution in [0.4, 0.5) is 5.69 Å². The van der Waals surface area contributed by atoms with Crippen molar-refractivity contribution in [1.82, 2.24) is 0 Å². The highest BCUT2D eigenvalue weighted by Gasteiger charge is 2.17. The van der Waals surface area contributed by atoms with Crippen LogP contribution in [0.5, 0.6) is 11.5 Å². The molecule has 5 nitrogen and oxygen atoms in total. The number of amides is 1. The van der Waals surface area contributed by atoms with Crippen LogP contribution in [0.1, 0.15) is 12.0 Å². The standard InChI is InChI=1S/C17H15NO4/c19-16-11-21-15-10-13(7-8-14(15)18-16)22-17(20)9-6-12-4-2-1-3-5-12/h1-5,7-8,10H,6,9,11H2,(H,18,19). The predicted octanol–water partition coefficient (Wildman–Crippen LogP) is 2.56. The van der Waals surface area contributed by atoms with Gasteiger partial charge in [0, 0.05) is 12.5 Å². The van der Waals surface area contributed by atoms with E-state index in [2.05, 4.69) is 5.32 Å². The molecule has 0 aliphatic carbocycles. The minimum Gasteiger partial charge on any atom is -0.481 e. The first-order valence-electron chi connectivity index (χ1n) is 7.02. The number of fused-ring (bicyclic) bond motifs is 1. The summed E-state index contributed by atoms with van der Waals surface area (Å²) in [4.78, 5) is 23.1. The van der Waals surface area contributed by atoms with Gasteiger partial charge in [0.05, 0.1) is 5.69 Å². The number of nitrogens with one attached hydrogen (secondary N) is 1. The number of benzene rings is 2. The summed E-state index contributed by atoms with van der Waals surface area (Å²) in [6, 6.07) is 14.7. The second-order valence-electron chi connectivity index (χ2n) is 4.95. The van der Waals surface area contributed by atoms with Crippen molar-refractivity contribution in [2.75, 3.05) is 11.9 Å². The van der Waals surface area contributed by atoms with Gasteiger partial charge in [0.1, 0.15) is 11.5 Å². The van der Waals surface area contributed by atoms with E-state index in [9.17, 15) is 9.59 Å². The van der Waals surface area contributed by atoms with E-state index in [1.807, 2.05) is 30.3 Å². The van der Waals surface area contributed by atoms with Crippen LogP contribution in [0, 0.1) is 0 Å². The second-order valence-corrected chi connectivity index (χ2v) is 4.95. The third-order valence-corrected chi connectivity index (χ3v) is 3.28. The molecule has 3 rings (SSSR count). The summed E-state index contributed by atoms with van der Waals surface area (Å²) in [5.74, 6) is 0.421. The maximum Gasteiger partial charge on any atom is 0.311 e. The number of esters is 1. The van der Waals surface area contributed by atoms with Gasteiger partial charge < -0.3 is 14.8 Å². The number of carbonyl (C=O) groups excluding carboxylic acids is 2. The highest BCUT2D eigenvalue weighted by molar-refractivity contribution is 5.95. The van der Waals surface area contributed by atoms with Crippen molar-refractivity contribution in [2.24, 2.45) is 0 Å². The average Bonchev–Trinajstić information content (AvgIpc) is 2.54. The SMILES string of the molecule is O=C1COc2cc(OC(=O)CCc3ccccc3)ccc2N1. The molecule has 2 aromatic carbocycles. The molecule has 1 aliphatic rings. The van der Waals surface area contributed by atoms with Crippen molar-refractivity contribution in [3.8, 4) is 11.5 Å². The van der Waals surface area contributed by atoms with Crippen LogP contribution in [0.3, 0.4) is 0 Å². The molecule has 1 N–H and O–H groups in total. The molecule has 0 spiro atoms. The van der Waals surface area contributed by atoms with Crippen LogP contribution < -0.4 is 14.8 Å². The van der Waals surface area contributed by atoms with Gasteiger partial charge in [-0.05, 0) is 24.1 Å². The minimum atomic E-state index is -0.302. The largest absolute Gasteiger partial charge is 0.481 e. The fourth-order valence-corrected chi connectivity index (χ4v) is 2.19. The van der Waals surface area contributed by atoms with Gasteiger partial charge in [-0.25, -0.2) is 0 Å². The van der Waals surface area contributed by atoms with Crippen molar-refractivity contribution in [3.05, 3.63) is 54.1 Å². The molecular weight excluding hydrogens is 282 g/mol. The van der Waals surface area contributed by atoms with E-state index < -0.39 is 0 Å². The molecule has 5 heteroatoms. The predicted molar refractivity (Wildman–Crippen MR) is 81.0 cm³/mol. The number of anilines is 1. The normalized spacial score (nSPS) is 12.8. The maximum atomic E-state index is 11.9. The molecule has 0 radical (unpaired) electrons. The molecule has 1 aliphatic heterocycles. The Morgan fingerprint density at radius 3 is 2.82 bits per heavy atom. The monoisotopic (exact) mass is 297 g/mol. The number of carbonyl (C=O) groups is 2. The summed E-state index contributed by atoms with van der Waals surface area (Å²) in [6.07, 6.45) is 0.940. The van der Waals surface area contributed by atoms with Gasteiger partial charge in [0.25, 0.3) is 5.91 Å². The third-order valence-electron chi connectivity index (χ3n) is 3.28. The molecular formula is C17H15NO4. The highest BCUT2D eigenvalue weighted by Crippen LogP contribution is 2.31. The molecule has 112 valence electrons. The molecule has 0 fully saturated rings. The van der Waals surface area contributed by atoms with Gasteiger partial charge >= 0.3 is 5.97 Å². The molecule has 1 heterocycles. The summed E-state index contributed by atoms with van der Waals surface area (Å²) in [6.45, 7) is -0.0294. The fraction of sp³-hybridized carbons (Fsp3) is 0.176. The quantitative estimate of drug-likeness (QED) is 0.696. The number of hydrogen-bond acceptors (Lipinski definition) is 4. The van der Waals surface area contributed by atoms with Gasteiger partial charge in [-0.3, -0.25) is 9.59 Å². The zero-order valence-corrected chi connectivity index (χ0v) is 11.9. The van der Waals surface area contributed by atoms with E-state index in [0.717, 1.165) is 5.56 Å². The Bertz CT molecular complexity index is 697. The Balaban J connectivity index is 1.59. The van der Waals surface area contributed by atoms with E-state index in [-0.39, 0.29) is 18.5 Å². The molecule has 0 atom stereocenters. The Labute approximate surface area is 127 Å². The van der Waals surface area contributed by atoms with Gasteiger partial charge in [0.15, 0.2) is 6.61 Å². The highest BCUT2D eigenvalue weighted by atomic mass is 16.5. The van der Waals surface area contributed by atoms with E-state index in [4.69, 9.17) is 9.47 Å². The van der Waals surface area contributed by atoms with Crippen LogP contribution in [-0.4, -0.2) is 18.5 Å². The van der Waals surface area contributed by atoms with Crippen LogP contribution in [0.15, 0.2) is 48.5 Å². The molecule has 2 aromatic rings. The lowest BCUT2D eigenvalue weighted by atomic mass is 10.1. The zero-order chi connectivity index (χ0) is 15.4. The molecule has 0 bridgehead atoms. The van der Waals surface area contributed by atoms with E-state index in [1.54, 1.807) is 18.2 Å². The van der Waals surface area contributed by atoms with Crippen molar-refractivity contribution in [2.45, 2.75) is 12.8 Å². The van der Waals surface area contributed by atoms with E-state index in [0.29, 0.717) is 30.0 Å². The lowest BCUT2D eigenvalue weighted by Gasteiger charge is -2.18. The minimum absolute atomic E-state index is 0.0294. The first-order valence-corrected chi connectivity index (χ1v) is 7.02. The molecule has 22 heavy (non-hydrogen) atoms. The number of rotatable bonds is 4. The molecule has 0 saturated carbocycles. The van der Waals surface area contributed by atoms with Crippen molar-refractivity contribution < 1.29 is 19.1 Å². The van der Waals surface area contributed by atoms with Gasteiger partial charge in [-0.15, -0.1) is 0 Å². The molecule has 0 aromatic heterocycles. The maximum absolute atomic E-state index is 11.9. The summed E-state index contributed by atoms with van der Waals surface area (Å²) in [5, 5.41) is 2.68. The Hall–Kier alpha value is -2.82. The summed E-state index contributed by atoms with van der Waals surface area (Å²) in [5.41, 5.74) is 1.68. The average molecular weight is 297 g/mol. The van der Waals surface area contributed by atoms with Crippen molar-refractivity contribution in [3.63, 3.8) is 0 Å². The smallest absolute Gasteiger partial charge is 0.311 e. The van der Waals surface area contributed by atoms with Gasteiger partial charge in [0.2, 0.25) is 0 Å². The van der Waals surface area contributed by atoms with Crippen molar-refractivity contribution >= 4 is 17.6 Å². The Morgan fingerprint density at radius 2 is 2.00 bits per heavy atom.